The van der Waals surface area contributed by atoms with Crippen LogP contribution in [0.1, 0.15) is 34.1 Å². The molecule has 0 amide bonds. The van der Waals surface area contributed by atoms with Crippen LogP contribution in [0.25, 0.3) is 0 Å². The fourth-order valence-electron chi connectivity index (χ4n) is 1.49. The smallest absolute Gasteiger partial charge is 0.399 e. The molecule has 1 atom stereocenters. The SMILES string of the molecule is COCCC([NH3+])B1OC(C)(C)C(C)(C)O1. The first kappa shape index (κ1) is 13.0. The molecule has 1 rings (SSSR count). The summed E-state index contributed by atoms with van der Waals surface area (Å²) < 4.78 is 16.8. The van der Waals surface area contributed by atoms with E-state index >= 15 is 0 Å². The van der Waals surface area contributed by atoms with Crippen molar-refractivity contribution >= 4 is 7.12 Å². The lowest BCUT2D eigenvalue weighted by atomic mass is 9.77. The predicted molar refractivity (Wildman–Crippen MR) is 59.3 cm³/mol. The molecule has 3 N–H and O–H groups in total. The largest absolute Gasteiger partial charge is 0.521 e. The summed E-state index contributed by atoms with van der Waals surface area (Å²) in [5.41, 5.74) is 3.53. The predicted octanol–water partition coefficient (Wildman–Crippen LogP) is 0.265. The Morgan fingerprint density at radius 1 is 1.20 bits per heavy atom. The fourth-order valence-corrected chi connectivity index (χ4v) is 1.49. The molecule has 5 heteroatoms. The molecule has 1 fully saturated rings. The van der Waals surface area contributed by atoms with Gasteiger partial charge in [-0.05, 0) is 27.7 Å². The first-order valence-corrected chi connectivity index (χ1v) is 5.48. The second-order valence-electron chi connectivity index (χ2n) is 5.17. The van der Waals surface area contributed by atoms with Gasteiger partial charge in [-0.25, -0.2) is 0 Å². The molecule has 0 aromatic heterocycles. The van der Waals surface area contributed by atoms with Crippen LogP contribution >= 0.6 is 0 Å². The number of rotatable bonds is 4. The second-order valence-corrected chi connectivity index (χ2v) is 5.17. The molecule has 0 saturated carbocycles. The van der Waals surface area contributed by atoms with Gasteiger partial charge in [0.05, 0.1) is 17.8 Å². The standard InChI is InChI=1S/C10H22BNO3/c1-9(2)10(3,4)15-11(14-9)8(12)6-7-13-5/h8H,6-7,12H2,1-5H3/p+1. The number of quaternary nitrogens is 1. The van der Waals surface area contributed by atoms with Gasteiger partial charge in [-0.3, -0.25) is 0 Å². The molecule has 1 unspecified atom stereocenters. The van der Waals surface area contributed by atoms with E-state index in [2.05, 4.69) is 33.4 Å². The third-order valence-electron chi connectivity index (χ3n) is 3.35. The van der Waals surface area contributed by atoms with Gasteiger partial charge >= 0.3 is 7.12 Å². The summed E-state index contributed by atoms with van der Waals surface area (Å²) in [6.45, 7) is 8.90. The fraction of sp³-hybridized carbons (Fsp3) is 1.00. The molecule has 1 heterocycles. The minimum atomic E-state index is -0.263. The number of hydrogen-bond donors (Lipinski definition) is 1. The lowest BCUT2D eigenvalue weighted by Gasteiger charge is -2.32. The van der Waals surface area contributed by atoms with Crippen molar-refractivity contribution in [2.75, 3.05) is 13.7 Å². The van der Waals surface area contributed by atoms with Gasteiger partial charge in [0.2, 0.25) is 0 Å². The van der Waals surface area contributed by atoms with Gasteiger partial charge in [0.1, 0.15) is 5.94 Å². The molecular weight excluding hydrogens is 193 g/mol. The van der Waals surface area contributed by atoms with Crippen LogP contribution in [0.3, 0.4) is 0 Å². The summed E-state index contributed by atoms with van der Waals surface area (Å²) in [6.07, 6.45) is 0.854. The maximum absolute atomic E-state index is 5.88. The summed E-state index contributed by atoms with van der Waals surface area (Å²) in [4.78, 5) is 0. The maximum Gasteiger partial charge on any atom is 0.521 e. The van der Waals surface area contributed by atoms with Crippen molar-refractivity contribution in [1.82, 2.24) is 0 Å². The van der Waals surface area contributed by atoms with Gasteiger partial charge in [-0.15, -0.1) is 0 Å². The molecule has 0 aromatic rings. The van der Waals surface area contributed by atoms with Crippen molar-refractivity contribution in [3.63, 3.8) is 0 Å². The summed E-state index contributed by atoms with van der Waals surface area (Å²) >= 11 is 0. The summed E-state index contributed by atoms with van der Waals surface area (Å²) in [5, 5.41) is 0. The Labute approximate surface area is 92.6 Å². The molecule has 0 bridgehead atoms. The van der Waals surface area contributed by atoms with Crippen molar-refractivity contribution in [2.45, 2.75) is 51.3 Å². The highest BCUT2D eigenvalue weighted by Gasteiger charge is 2.54. The van der Waals surface area contributed by atoms with E-state index in [9.17, 15) is 0 Å². The van der Waals surface area contributed by atoms with E-state index in [0.717, 1.165) is 6.42 Å². The number of methoxy groups -OCH3 is 1. The van der Waals surface area contributed by atoms with E-state index in [0.29, 0.717) is 6.61 Å². The molecule has 0 spiro atoms. The minimum Gasteiger partial charge on any atom is -0.399 e. The Kier molecular flexibility index (Phi) is 3.82. The van der Waals surface area contributed by atoms with Gasteiger partial charge in [-0.2, -0.15) is 0 Å². The van der Waals surface area contributed by atoms with Crippen molar-refractivity contribution in [3.05, 3.63) is 0 Å². The zero-order valence-electron chi connectivity index (χ0n) is 10.5. The zero-order valence-corrected chi connectivity index (χ0v) is 10.5. The third-order valence-corrected chi connectivity index (χ3v) is 3.35. The van der Waals surface area contributed by atoms with Crippen molar-refractivity contribution in [2.24, 2.45) is 0 Å². The van der Waals surface area contributed by atoms with Crippen LogP contribution in [0.2, 0.25) is 0 Å². The van der Waals surface area contributed by atoms with Gasteiger partial charge in [0, 0.05) is 13.5 Å². The molecule has 0 radical (unpaired) electrons. The Bertz CT molecular complexity index is 205. The van der Waals surface area contributed by atoms with Crippen LogP contribution in [0.15, 0.2) is 0 Å². The molecule has 88 valence electrons. The highest BCUT2D eigenvalue weighted by atomic mass is 16.7. The molecule has 1 aliphatic rings. The van der Waals surface area contributed by atoms with Gasteiger partial charge in [-0.1, -0.05) is 0 Å². The molecule has 0 aromatic carbocycles. The zero-order chi connectivity index (χ0) is 11.7. The van der Waals surface area contributed by atoms with Crippen LogP contribution in [0, 0.1) is 0 Å². The lowest BCUT2D eigenvalue weighted by Crippen LogP contribution is -2.69. The first-order valence-electron chi connectivity index (χ1n) is 5.48. The quantitative estimate of drug-likeness (QED) is 0.686. The third kappa shape index (κ3) is 2.72. The van der Waals surface area contributed by atoms with Crippen molar-refractivity contribution in [3.8, 4) is 0 Å². The van der Waals surface area contributed by atoms with Gasteiger partial charge in [0.25, 0.3) is 0 Å². The molecule has 15 heavy (non-hydrogen) atoms. The van der Waals surface area contributed by atoms with E-state index in [1.54, 1.807) is 7.11 Å². The number of ether oxygens (including phenoxy) is 1. The van der Waals surface area contributed by atoms with Crippen LogP contribution < -0.4 is 5.73 Å². The van der Waals surface area contributed by atoms with Gasteiger partial charge in [0.15, 0.2) is 0 Å². The Morgan fingerprint density at radius 2 is 1.67 bits per heavy atom. The number of hydrogen-bond acceptors (Lipinski definition) is 3. The van der Waals surface area contributed by atoms with E-state index in [-0.39, 0.29) is 24.3 Å². The lowest BCUT2D eigenvalue weighted by molar-refractivity contribution is -0.399. The average molecular weight is 216 g/mol. The molecule has 4 nitrogen and oxygen atoms in total. The monoisotopic (exact) mass is 216 g/mol. The molecule has 1 saturated heterocycles. The molecular formula is C10H23BNO3+. The highest BCUT2D eigenvalue weighted by molar-refractivity contribution is 6.46. The van der Waals surface area contributed by atoms with Crippen LogP contribution in [-0.2, 0) is 14.0 Å². The Morgan fingerprint density at radius 3 is 2.07 bits per heavy atom. The van der Waals surface area contributed by atoms with Crippen molar-refractivity contribution in [1.29, 1.82) is 0 Å². The topological polar surface area (TPSA) is 55.3 Å². The average Bonchev–Trinajstić information content (AvgIpc) is 2.32. The normalized spacial score (nSPS) is 25.6. The van der Waals surface area contributed by atoms with Crippen LogP contribution in [0.4, 0.5) is 0 Å². The van der Waals surface area contributed by atoms with E-state index in [4.69, 9.17) is 14.0 Å². The minimum absolute atomic E-state index is 0.117. The van der Waals surface area contributed by atoms with Gasteiger partial charge < -0.3 is 19.8 Å². The first-order chi connectivity index (χ1) is 6.80. The Balaban J connectivity index is 2.54. The van der Waals surface area contributed by atoms with Crippen molar-refractivity contribution < 1.29 is 19.8 Å². The van der Waals surface area contributed by atoms with Crippen LogP contribution in [0.5, 0.6) is 0 Å². The summed E-state index contributed by atoms with van der Waals surface area (Å²) in [7, 11) is 1.47. The van der Waals surface area contributed by atoms with Crippen LogP contribution in [-0.4, -0.2) is 38.0 Å². The summed E-state index contributed by atoms with van der Waals surface area (Å²) in [6, 6.07) is 0. The molecule has 0 aliphatic carbocycles. The van der Waals surface area contributed by atoms with E-state index < -0.39 is 0 Å². The molecule has 1 aliphatic heterocycles. The van der Waals surface area contributed by atoms with E-state index in [1.807, 2.05) is 0 Å². The van der Waals surface area contributed by atoms with E-state index in [1.165, 1.54) is 0 Å². The Hall–Kier alpha value is -0.0951. The highest BCUT2D eigenvalue weighted by Crippen LogP contribution is 2.37. The maximum atomic E-state index is 5.88. The summed E-state index contributed by atoms with van der Waals surface area (Å²) in [5.74, 6) is 0.117. The second kappa shape index (κ2) is 4.41.